The minimum atomic E-state index is 0.284. The van der Waals surface area contributed by atoms with Crippen molar-refractivity contribution in [3.63, 3.8) is 0 Å². The second-order valence-corrected chi connectivity index (χ2v) is 5.47. The quantitative estimate of drug-likeness (QED) is 0.850. The van der Waals surface area contributed by atoms with Gasteiger partial charge in [-0.1, -0.05) is 30.3 Å². The molecule has 3 heteroatoms. The number of benzene rings is 1. The van der Waals surface area contributed by atoms with Gasteiger partial charge in [0.1, 0.15) is 0 Å². The maximum atomic E-state index is 12.3. The maximum absolute atomic E-state index is 12.3. The highest BCUT2D eigenvalue weighted by molar-refractivity contribution is 5.78. The Labute approximate surface area is 108 Å². The predicted molar refractivity (Wildman–Crippen MR) is 71.2 cm³/mol. The number of nitrogens with zero attached hydrogens (tertiary/aromatic N) is 1. The van der Waals surface area contributed by atoms with Crippen molar-refractivity contribution in [2.75, 3.05) is 26.2 Å². The molecule has 2 unspecified atom stereocenters. The molecular weight excluding hydrogens is 224 g/mol. The summed E-state index contributed by atoms with van der Waals surface area (Å²) in [6.45, 7) is 4.11. The third kappa shape index (κ3) is 2.41. The van der Waals surface area contributed by atoms with Crippen LogP contribution in [-0.2, 0) is 11.2 Å². The van der Waals surface area contributed by atoms with Gasteiger partial charge in [0.05, 0.1) is 6.42 Å². The number of nitrogens with one attached hydrogen (secondary N) is 1. The molecule has 96 valence electrons. The van der Waals surface area contributed by atoms with E-state index in [1.54, 1.807) is 0 Å². The third-order valence-corrected chi connectivity index (χ3v) is 4.26. The molecule has 2 heterocycles. The molecule has 2 saturated heterocycles. The van der Waals surface area contributed by atoms with Gasteiger partial charge in [-0.2, -0.15) is 0 Å². The predicted octanol–water partition coefficient (Wildman–Crippen LogP) is 1.30. The Morgan fingerprint density at radius 3 is 2.83 bits per heavy atom. The Balaban J connectivity index is 1.60. The van der Waals surface area contributed by atoms with Gasteiger partial charge in [0.25, 0.3) is 0 Å². The average molecular weight is 244 g/mol. The molecule has 2 fully saturated rings. The molecule has 1 aromatic carbocycles. The number of piperidine rings is 1. The zero-order valence-corrected chi connectivity index (χ0v) is 10.6. The van der Waals surface area contributed by atoms with Crippen molar-refractivity contribution in [1.82, 2.24) is 10.2 Å². The molecule has 18 heavy (non-hydrogen) atoms. The summed E-state index contributed by atoms with van der Waals surface area (Å²) in [7, 11) is 0. The molecule has 3 nitrogen and oxygen atoms in total. The molecule has 0 radical (unpaired) electrons. The second-order valence-electron chi connectivity index (χ2n) is 5.47. The van der Waals surface area contributed by atoms with E-state index in [0.717, 1.165) is 44.1 Å². The van der Waals surface area contributed by atoms with Crippen LogP contribution in [0.25, 0.3) is 0 Å². The molecule has 0 bridgehead atoms. The van der Waals surface area contributed by atoms with E-state index in [2.05, 4.69) is 10.2 Å². The first kappa shape index (κ1) is 11.7. The number of hydrogen-bond acceptors (Lipinski definition) is 2. The summed E-state index contributed by atoms with van der Waals surface area (Å²) >= 11 is 0. The lowest BCUT2D eigenvalue weighted by Crippen LogP contribution is -2.44. The average Bonchev–Trinajstić information content (AvgIpc) is 2.87. The second kappa shape index (κ2) is 5.11. The maximum Gasteiger partial charge on any atom is 0.226 e. The highest BCUT2D eigenvalue weighted by Crippen LogP contribution is 2.26. The molecule has 2 aliphatic rings. The summed E-state index contributed by atoms with van der Waals surface area (Å²) in [5, 5.41) is 3.44. The summed E-state index contributed by atoms with van der Waals surface area (Å²) in [6.07, 6.45) is 1.71. The van der Waals surface area contributed by atoms with Crippen molar-refractivity contribution in [3.8, 4) is 0 Å². The molecule has 1 aromatic rings. The number of carbonyl (C=O) groups excluding carboxylic acids is 1. The summed E-state index contributed by atoms with van der Waals surface area (Å²) in [5.74, 6) is 1.76. The van der Waals surface area contributed by atoms with Crippen LogP contribution in [0.2, 0.25) is 0 Å². The van der Waals surface area contributed by atoms with Crippen molar-refractivity contribution < 1.29 is 4.79 Å². The van der Waals surface area contributed by atoms with Crippen LogP contribution in [0.5, 0.6) is 0 Å². The van der Waals surface area contributed by atoms with Gasteiger partial charge >= 0.3 is 0 Å². The van der Waals surface area contributed by atoms with Crippen LogP contribution in [0.4, 0.5) is 0 Å². The van der Waals surface area contributed by atoms with Crippen LogP contribution >= 0.6 is 0 Å². The highest BCUT2D eigenvalue weighted by Gasteiger charge is 2.34. The van der Waals surface area contributed by atoms with Crippen LogP contribution in [0, 0.1) is 11.8 Å². The fraction of sp³-hybridized carbons (Fsp3) is 0.533. The Hall–Kier alpha value is -1.35. The van der Waals surface area contributed by atoms with Gasteiger partial charge in [-0.05, 0) is 36.9 Å². The topological polar surface area (TPSA) is 32.3 Å². The van der Waals surface area contributed by atoms with Gasteiger partial charge in [-0.3, -0.25) is 4.79 Å². The van der Waals surface area contributed by atoms with E-state index in [-0.39, 0.29) is 5.91 Å². The summed E-state index contributed by atoms with van der Waals surface area (Å²) in [5.41, 5.74) is 1.12. The van der Waals surface area contributed by atoms with Crippen molar-refractivity contribution >= 4 is 5.91 Å². The van der Waals surface area contributed by atoms with E-state index < -0.39 is 0 Å². The summed E-state index contributed by atoms with van der Waals surface area (Å²) in [6, 6.07) is 10.0. The van der Waals surface area contributed by atoms with Gasteiger partial charge in [-0.25, -0.2) is 0 Å². The third-order valence-electron chi connectivity index (χ3n) is 4.26. The summed E-state index contributed by atoms with van der Waals surface area (Å²) in [4.78, 5) is 14.3. The lowest BCUT2D eigenvalue weighted by Gasteiger charge is -2.34. The van der Waals surface area contributed by atoms with Gasteiger partial charge in [-0.15, -0.1) is 0 Å². The Morgan fingerprint density at radius 1 is 1.22 bits per heavy atom. The number of fused-ring (bicyclic) bond motifs is 1. The van der Waals surface area contributed by atoms with Crippen LogP contribution in [-0.4, -0.2) is 37.0 Å². The van der Waals surface area contributed by atoms with E-state index in [1.807, 2.05) is 30.3 Å². The van der Waals surface area contributed by atoms with Gasteiger partial charge in [0, 0.05) is 13.1 Å². The zero-order chi connectivity index (χ0) is 12.4. The molecule has 0 aliphatic carbocycles. The molecule has 0 aromatic heterocycles. The van der Waals surface area contributed by atoms with E-state index >= 15 is 0 Å². The van der Waals surface area contributed by atoms with Crippen molar-refractivity contribution in [1.29, 1.82) is 0 Å². The normalized spacial score (nSPS) is 27.0. The van der Waals surface area contributed by atoms with E-state index in [9.17, 15) is 4.79 Å². The molecule has 2 atom stereocenters. The Morgan fingerprint density at radius 2 is 2.00 bits per heavy atom. The van der Waals surface area contributed by atoms with Gasteiger partial charge in [0.2, 0.25) is 5.91 Å². The smallest absolute Gasteiger partial charge is 0.226 e. The first-order valence-electron chi connectivity index (χ1n) is 6.85. The zero-order valence-electron chi connectivity index (χ0n) is 10.6. The molecule has 3 rings (SSSR count). The summed E-state index contributed by atoms with van der Waals surface area (Å²) < 4.78 is 0. The first-order chi connectivity index (χ1) is 8.83. The first-order valence-corrected chi connectivity index (χ1v) is 6.85. The van der Waals surface area contributed by atoms with Crippen LogP contribution in [0.15, 0.2) is 30.3 Å². The van der Waals surface area contributed by atoms with E-state index in [0.29, 0.717) is 12.3 Å². The SMILES string of the molecule is O=C(Cc1ccccc1)N1CCC2CNCC2C1. The van der Waals surface area contributed by atoms with E-state index in [4.69, 9.17) is 0 Å². The van der Waals surface area contributed by atoms with E-state index in [1.165, 1.54) is 0 Å². The molecule has 0 spiro atoms. The molecule has 1 amide bonds. The fourth-order valence-corrected chi connectivity index (χ4v) is 3.14. The monoisotopic (exact) mass is 244 g/mol. The number of likely N-dealkylation sites (tertiary alicyclic amines) is 1. The molecule has 1 N–H and O–H groups in total. The van der Waals surface area contributed by atoms with Crippen LogP contribution in [0.3, 0.4) is 0 Å². The van der Waals surface area contributed by atoms with Crippen LogP contribution in [0.1, 0.15) is 12.0 Å². The Bertz CT molecular complexity index is 418. The Kier molecular flexibility index (Phi) is 3.33. The van der Waals surface area contributed by atoms with Crippen molar-refractivity contribution in [3.05, 3.63) is 35.9 Å². The van der Waals surface area contributed by atoms with Crippen molar-refractivity contribution in [2.45, 2.75) is 12.8 Å². The van der Waals surface area contributed by atoms with Gasteiger partial charge in [0.15, 0.2) is 0 Å². The van der Waals surface area contributed by atoms with Crippen molar-refractivity contribution in [2.24, 2.45) is 11.8 Å². The molecular formula is C15H20N2O. The standard InChI is InChI=1S/C15H20N2O/c18-15(8-12-4-2-1-3-5-12)17-7-6-13-9-16-10-14(13)11-17/h1-5,13-14,16H,6-11H2. The fourth-order valence-electron chi connectivity index (χ4n) is 3.14. The number of carbonyl (C=O) groups is 1. The number of rotatable bonds is 2. The van der Waals surface area contributed by atoms with Crippen LogP contribution < -0.4 is 5.32 Å². The lowest BCUT2D eigenvalue weighted by atomic mass is 9.88. The minimum Gasteiger partial charge on any atom is -0.342 e. The number of amides is 1. The van der Waals surface area contributed by atoms with Gasteiger partial charge < -0.3 is 10.2 Å². The molecule has 0 saturated carbocycles. The highest BCUT2D eigenvalue weighted by atomic mass is 16.2. The largest absolute Gasteiger partial charge is 0.342 e. The molecule has 2 aliphatic heterocycles. The number of hydrogen-bond donors (Lipinski definition) is 1. The lowest BCUT2D eigenvalue weighted by molar-refractivity contribution is -0.132. The minimum absolute atomic E-state index is 0.284.